The van der Waals surface area contributed by atoms with Gasteiger partial charge in [0.25, 0.3) is 0 Å². The lowest BCUT2D eigenvalue weighted by Gasteiger charge is -2.11. The third kappa shape index (κ3) is 2.30. The lowest BCUT2D eigenvalue weighted by molar-refractivity contribution is 0.261. The van der Waals surface area contributed by atoms with Crippen LogP contribution in [0.25, 0.3) is 11.6 Å². The van der Waals surface area contributed by atoms with Crippen LogP contribution >= 0.6 is 0 Å². The Hall–Kier alpha value is -1.66. The van der Waals surface area contributed by atoms with E-state index < -0.39 is 0 Å². The maximum absolute atomic E-state index is 5.67. The van der Waals surface area contributed by atoms with Crippen molar-refractivity contribution in [1.29, 1.82) is 0 Å². The Morgan fingerprint density at radius 1 is 1.50 bits per heavy atom. The van der Waals surface area contributed by atoms with Gasteiger partial charge >= 0.3 is 0 Å². The third-order valence-electron chi connectivity index (χ3n) is 3.27. The van der Waals surface area contributed by atoms with Crippen molar-refractivity contribution in [3.8, 4) is 11.6 Å². The molecule has 0 aliphatic carbocycles. The van der Waals surface area contributed by atoms with Crippen LogP contribution in [0.4, 0.5) is 0 Å². The molecule has 96 valence electrons. The smallest absolute Gasteiger partial charge is 0.241 e. The molecular formula is C12H16N4O2. The van der Waals surface area contributed by atoms with Crippen LogP contribution in [0.5, 0.6) is 0 Å². The Bertz CT molecular complexity index is 494. The molecule has 2 aromatic rings. The second kappa shape index (κ2) is 4.91. The first-order valence-corrected chi connectivity index (χ1v) is 6.14. The highest BCUT2D eigenvalue weighted by Gasteiger charge is 2.23. The highest BCUT2D eigenvalue weighted by atomic mass is 16.5. The second-order valence-electron chi connectivity index (χ2n) is 4.61. The van der Waals surface area contributed by atoms with Crippen LogP contribution in [-0.4, -0.2) is 34.7 Å². The average molecular weight is 248 g/mol. The second-order valence-corrected chi connectivity index (χ2v) is 4.61. The van der Waals surface area contributed by atoms with Gasteiger partial charge in [-0.05, 0) is 37.6 Å². The minimum absolute atomic E-state index is 0.504. The first kappa shape index (κ1) is 11.4. The summed E-state index contributed by atoms with van der Waals surface area (Å²) in [4.78, 5) is 6.61. The fourth-order valence-electron chi connectivity index (χ4n) is 2.27. The Morgan fingerprint density at radius 2 is 2.44 bits per heavy atom. The molecule has 1 fully saturated rings. The summed E-state index contributed by atoms with van der Waals surface area (Å²) in [7, 11) is 0. The van der Waals surface area contributed by atoms with Gasteiger partial charge in [-0.15, -0.1) is 0 Å². The molecule has 0 aromatic carbocycles. The van der Waals surface area contributed by atoms with E-state index in [9.17, 15) is 0 Å². The van der Waals surface area contributed by atoms with Gasteiger partial charge < -0.3 is 14.7 Å². The number of hydrogen-bond donors (Lipinski definition) is 1. The largest absolute Gasteiger partial charge is 0.461 e. The number of rotatable bonds is 4. The van der Waals surface area contributed by atoms with Crippen LogP contribution in [0.15, 0.2) is 27.3 Å². The van der Waals surface area contributed by atoms with Gasteiger partial charge in [-0.3, -0.25) is 4.90 Å². The number of nitrogens with zero attached hydrogens (tertiary/aromatic N) is 3. The molecule has 0 radical (unpaired) electrons. The number of aromatic nitrogens is 2. The van der Waals surface area contributed by atoms with E-state index in [1.54, 1.807) is 12.3 Å². The van der Waals surface area contributed by atoms with Crippen LogP contribution in [0.2, 0.25) is 0 Å². The summed E-state index contributed by atoms with van der Waals surface area (Å²) in [6, 6.07) is 3.62. The summed E-state index contributed by atoms with van der Waals surface area (Å²) in [6.45, 7) is 3.48. The fraction of sp³-hybridized carbons (Fsp3) is 0.500. The minimum Gasteiger partial charge on any atom is -0.461 e. The molecule has 1 aliphatic heterocycles. The van der Waals surface area contributed by atoms with E-state index in [0.29, 0.717) is 29.9 Å². The summed E-state index contributed by atoms with van der Waals surface area (Å²) in [5, 5.41) is 3.91. The predicted octanol–water partition coefficient (Wildman–Crippen LogP) is 1.11. The molecule has 1 saturated heterocycles. The van der Waals surface area contributed by atoms with Gasteiger partial charge in [0, 0.05) is 6.54 Å². The van der Waals surface area contributed by atoms with Crippen molar-refractivity contribution < 1.29 is 8.94 Å². The number of nitrogens with two attached hydrogens (primary N) is 1. The third-order valence-corrected chi connectivity index (χ3v) is 3.27. The van der Waals surface area contributed by atoms with Crippen molar-refractivity contribution in [1.82, 2.24) is 15.0 Å². The van der Waals surface area contributed by atoms with Gasteiger partial charge in [0.15, 0.2) is 5.76 Å². The molecule has 1 unspecified atom stereocenters. The van der Waals surface area contributed by atoms with Gasteiger partial charge in [0.05, 0.1) is 12.8 Å². The first-order chi connectivity index (χ1) is 8.85. The molecule has 0 spiro atoms. The molecule has 6 nitrogen and oxygen atoms in total. The van der Waals surface area contributed by atoms with Crippen LogP contribution in [0.1, 0.15) is 12.3 Å². The van der Waals surface area contributed by atoms with Crippen molar-refractivity contribution in [3.63, 3.8) is 0 Å². The van der Waals surface area contributed by atoms with Gasteiger partial charge in [-0.25, -0.2) is 0 Å². The van der Waals surface area contributed by atoms with Crippen molar-refractivity contribution in [2.75, 3.05) is 19.6 Å². The molecule has 18 heavy (non-hydrogen) atoms. The maximum atomic E-state index is 5.67. The monoisotopic (exact) mass is 248 g/mol. The molecule has 0 bridgehead atoms. The van der Waals surface area contributed by atoms with E-state index in [4.69, 9.17) is 14.7 Å². The van der Waals surface area contributed by atoms with Crippen LogP contribution in [0.3, 0.4) is 0 Å². The zero-order chi connectivity index (χ0) is 12.4. The summed E-state index contributed by atoms with van der Waals surface area (Å²) < 4.78 is 10.4. The van der Waals surface area contributed by atoms with Crippen LogP contribution < -0.4 is 5.73 Å². The standard InChI is InChI=1S/C12H16N4O2/c13-6-9-3-4-16(7-9)8-11-14-12(15-18-11)10-2-1-5-17-10/h1-2,5,9H,3-4,6-8,13H2. The van der Waals surface area contributed by atoms with E-state index in [0.717, 1.165) is 26.1 Å². The molecule has 2 N–H and O–H groups in total. The van der Waals surface area contributed by atoms with Crippen LogP contribution in [-0.2, 0) is 6.54 Å². The molecule has 3 heterocycles. The molecule has 0 amide bonds. The highest BCUT2D eigenvalue weighted by molar-refractivity contribution is 5.44. The van der Waals surface area contributed by atoms with E-state index >= 15 is 0 Å². The summed E-state index contributed by atoms with van der Waals surface area (Å²) >= 11 is 0. The first-order valence-electron chi connectivity index (χ1n) is 6.14. The highest BCUT2D eigenvalue weighted by Crippen LogP contribution is 2.19. The number of furan rings is 1. The van der Waals surface area contributed by atoms with E-state index in [-0.39, 0.29) is 0 Å². The molecule has 6 heteroatoms. The lowest BCUT2D eigenvalue weighted by Crippen LogP contribution is -2.22. The predicted molar refractivity (Wildman–Crippen MR) is 64.4 cm³/mol. The number of likely N-dealkylation sites (tertiary alicyclic amines) is 1. The van der Waals surface area contributed by atoms with Crippen molar-refractivity contribution in [2.45, 2.75) is 13.0 Å². The Kier molecular flexibility index (Phi) is 3.12. The molecule has 0 saturated carbocycles. The van der Waals surface area contributed by atoms with Gasteiger partial charge in [0.1, 0.15) is 0 Å². The van der Waals surface area contributed by atoms with Gasteiger partial charge in [0.2, 0.25) is 11.7 Å². The summed E-state index contributed by atoms with van der Waals surface area (Å²) in [6.07, 6.45) is 2.74. The molecule has 1 atom stereocenters. The van der Waals surface area contributed by atoms with E-state index in [2.05, 4.69) is 15.0 Å². The van der Waals surface area contributed by atoms with Gasteiger partial charge in [-0.1, -0.05) is 5.16 Å². The molecule has 1 aliphatic rings. The van der Waals surface area contributed by atoms with E-state index in [1.807, 2.05) is 6.07 Å². The van der Waals surface area contributed by atoms with Gasteiger partial charge in [-0.2, -0.15) is 4.98 Å². The van der Waals surface area contributed by atoms with E-state index in [1.165, 1.54) is 0 Å². The molecular weight excluding hydrogens is 232 g/mol. The summed E-state index contributed by atoms with van der Waals surface area (Å²) in [5.41, 5.74) is 5.67. The zero-order valence-electron chi connectivity index (χ0n) is 10.1. The van der Waals surface area contributed by atoms with Crippen molar-refractivity contribution in [2.24, 2.45) is 11.7 Å². The molecule has 2 aromatic heterocycles. The Balaban J connectivity index is 1.64. The quantitative estimate of drug-likeness (QED) is 0.872. The van der Waals surface area contributed by atoms with Crippen LogP contribution in [0, 0.1) is 5.92 Å². The van der Waals surface area contributed by atoms with Crippen molar-refractivity contribution >= 4 is 0 Å². The maximum Gasteiger partial charge on any atom is 0.241 e. The Labute approximate surface area is 105 Å². The topological polar surface area (TPSA) is 81.3 Å². The Morgan fingerprint density at radius 3 is 3.17 bits per heavy atom. The fourth-order valence-corrected chi connectivity index (χ4v) is 2.27. The summed E-state index contributed by atoms with van der Waals surface area (Å²) in [5.74, 6) is 2.35. The minimum atomic E-state index is 0.504. The normalized spacial score (nSPS) is 20.6. The number of hydrogen-bond acceptors (Lipinski definition) is 6. The SMILES string of the molecule is NCC1CCN(Cc2nc(-c3ccco3)no2)C1. The zero-order valence-corrected chi connectivity index (χ0v) is 10.1. The average Bonchev–Trinajstić information content (AvgIpc) is 3.10. The van der Waals surface area contributed by atoms with Crippen molar-refractivity contribution in [3.05, 3.63) is 24.3 Å². The molecule has 3 rings (SSSR count). The lowest BCUT2D eigenvalue weighted by atomic mass is 10.1.